The van der Waals surface area contributed by atoms with Crippen molar-refractivity contribution in [2.45, 2.75) is 18.9 Å². The maximum atomic E-state index is 5.77. The molecular weight excluding hydrogens is 218 g/mol. The van der Waals surface area contributed by atoms with Crippen LogP contribution in [0.4, 0.5) is 0 Å². The van der Waals surface area contributed by atoms with Gasteiger partial charge in [-0.2, -0.15) is 0 Å². The van der Waals surface area contributed by atoms with E-state index < -0.39 is 0 Å². The van der Waals surface area contributed by atoms with Crippen molar-refractivity contribution in [3.8, 4) is 5.88 Å². The number of imidazole rings is 1. The van der Waals surface area contributed by atoms with Crippen LogP contribution in [0.1, 0.15) is 12.8 Å². The molecule has 88 valence electrons. The van der Waals surface area contributed by atoms with Gasteiger partial charge in [0.2, 0.25) is 5.88 Å². The molecule has 0 spiro atoms. The first kappa shape index (κ1) is 9.41. The molecule has 17 heavy (non-hydrogen) atoms. The summed E-state index contributed by atoms with van der Waals surface area (Å²) in [7, 11) is 0. The fraction of sp³-hybridized carbons (Fsp3) is 0.500. The van der Waals surface area contributed by atoms with E-state index in [9.17, 15) is 0 Å². The Kier molecular flexibility index (Phi) is 1.77. The van der Waals surface area contributed by atoms with Crippen molar-refractivity contribution in [1.29, 1.82) is 0 Å². The zero-order chi connectivity index (χ0) is 11.3. The summed E-state index contributed by atoms with van der Waals surface area (Å²) < 4.78 is 13.1. The average molecular weight is 231 g/mol. The number of hydrogen-bond donors (Lipinski definition) is 0. The van der Waals surface area contributed by atoms with Gasteiger partial charge in [0, 0.05) is 23.9 Å². The van der Waals surface area contributed by atoms with Crippen LogP contribution in [0.2, 0.25) is 0 Å². The van der Waals surface area contributed by atoms with E-state index in [1.807, 2.05) is 18.3 Å². The highest BCUT2D eigenvalue weighted by Crippen LogP contribution is 2.49. The molecule has 4 heterocycles. The Morgan fingerprint density at radius 2 is 2.41 bits per heavy atom. The Morgan fingerprint density at radius 1 is 1.47 bits per heavy atom. The van der Waals surface area contributed by atoms with Crippen LogP contribution >= 0.6 is 0 Å². The van der Waals surface area contributed by atoms with Gasteiger partial charge in [-0.15, -0.1) is 5.10 Å². The minimum absolute atomic E-state index is 0.260. The van der Waals surface area contributed by atoms with Crippen LogP contribution < -0.4 is 4.74 Å². The summed E-state index contributed by atoms with van der Waals surface area (Å²) in [6, 6.07) is 3.78. The number of aromatic nitrogens is 3. The molecule has 3 aliphatic rings. The lowest BCUT2D eigenvalue weighted by Gasteiger charge is -2.34. The predicted molar refractivity (Wildman–Crippen MR) is 59.9 cm³/mol. The first-order valence-electron chi connectivity index (χ1n) is 5.88. The molecule has 0 unspecified atom stereocenters. The molecule has 1 saturated carbocycles. The molecule has 0 aromatic carbocycles. The molecule has 0 amide bonds. The Hall–Kier alpha value is -1.62. The summed E-state index contributed by atoms with van der Waals surface area (Å²) in [4.78, 5) is 4.14. The van der Waals surface area contributed by atoms with Gasteiger partial charge in [-0.1, -0.05) is 0 Å². The number of fused-ring (bicyclic) bond motifs is 2. The molecule has 2 saturated heterocycles. The molecule has 5 nitrogen and oxygen atoms in total. The molecule has 2 aromatic heterocycles. The zero-order valence-corrected chi connectivity index (χ0v) is 9.37. The number of ether oxygens (including phenoxy) is 2. The lowest BCUT2D eigenvalue weighted by Crippen LogP contribution is -2.38. The highest BCUT2D eigenvalue weighted by molar-refractivity contribution is 5.37. The van der Waals surface area contributed by atoms with Crippen molar-refractivity contribution in [2.24, 2.45) is 5.41 Å². The van der Waals surface area contributed by atoms with E-state index in [4.69, 9.17) is 9.47 Å². The summed E-state index contributed by atoms with van der Waals surface area (Å²) in [5.41, 5.74) is 1.10. The second kappa shape index (κ2) is 3.20. The lowest BCUT2D eigenvalue weighted by molar-refractivity contribution is 0.0799. The van der Waals surface area contributed by atoms with E-state index in [1.54, 1.807) is 10.7 Å². The van der Waals surface area contributed by atoms with Crippen molar-refractivity contribution in [1.82, 2.24) is 14.6 Å². The first-order valence-corrected chi connectivity index (χ1v) is 5.88. The Labute approximate surface area is 98.4 Å². The van der Waals surface area contributed by atoms with Gasteiger partial charge in [0.25, 0.3) is 0 Å². The summed E-state index contributed by atoms with van der Waals surface area (Å²) in [5.74, 6) is 0.653. The quantitative estimate of drug-likeness (QED) is 0.798. The van der Waals surface area contributed by atoms with Gasteiger partial charge in [0.15, 0.2) is 5.65 Å². The van der Waals surface area contributed by atoms with Crippen LogP contribution in [0, 0.1) is 5.41 Å². The Balaban J connectivity index is 1.51. The molecule has 2 bridgehead atoms. The molecule has 5 rings (SSSR count). The highest BCUT2D eigenvalue weighted by Gasteiger charge is 2.52. The highest BCUT2D eigenvalue weighted by atomic mass is 16.5. The Morgan fingerprint density at radius 3 is 3.24 bits per heavy atom. The molecule has 2 aromatic rings. The van der Waals surface area contributed by atoms with Gasteiger partial charge in [-0.25, -0.2) is 9.50 Å². The normalized spacial score (nSPS) is 30.5. The van der Waals surface area contributed by atoms with Crippen molar-refractivity contribution in [3.05, 3.63) is 24.5 Å². The van der Waals surface area contributed by atoms with Gasteiger partial charge < -0.3 is 9.47 Å². The monoisotopic (exact) mass is 231 g/mol. The van der Waals surface area contributed by atoms with E-state index in [1.165, 1.54) is 0 Å². The van der Waals surface area contributed by atoms with Gasteiger partial charge in [-0.05, 0) is 18.9 Å². The first-order chi connectivity index (χ1) is 8.33. The van der Waals surface area contributed by atoms with E-state index in [0.29, 0.717) is 18.6 Å². The topological polar surface area (TPSA) is 48.7 Å². The molecule has 2 aliphatic heterocycles. The fourth-order valence-electron chi connectivity index (χ4n) is 2.70. The number of nitrogens with zero attached hydrogens (tertiary/aromatic N) is 3. The van der Waals surface area contributed by atoms with Gasteiger partial charge in [0.05, 0.1) is 19.3 Å². The molecule has 3 fully saturated rings. The van der Waals surface area contributed by atoms with Crippen molar-refractivity contribution >= 4 is 5.65 Å². The van der Waals surface area contributed by atoms with E-state index >= 15 is 0 Å². The van der Waals surface area contributed by atoms with Gasteiger partial charge >= 0.3 is 0 Å². The predicted octanol–water partition coefficient (Wildman–Crippen LogP) is 1.29. The van der Waals surface area contributed by atoms with E-state index in [0.717, 1.165) is 25.1 Å². The summed E-state index contributed by atoms with van der Waals surface area (Å²) in [6.07, 6.45) is 6.31. The molecule has 1 aliphatic carbocycles. The SMILES string of the molecule is c1cn2nc(OCC34COC(C3)C4)ccc2n1. The van der Waals surface area contributed by atoms with Crippen LogP contribution in [-0.2, 0) is 4.74 Å². The van der Waals surface area contributed by atoms with Crippen molar-refractivity contribution < 1.29 is 9.47 Å². The van der Waals surface area contributed by atoms with Crippen LogP contribution in [0.5, 0.6) is 5.88 Å². The average Bonchev–Trinajstić information content (AvgIpc) is 3.00. The minimum Gasteiger partial charge on any atom is -0.476 e. The third-order valence-corrected chi connectivity index (χ3v) is 3.70. The third-order valence-electron chi connectivity index (χ3n) is 3.70. The zero-order valence-electron chi connectivity index (χ0n) is 9.37. The smallest absolute Gasteiger partial charge is 0.231 e. The number of rotatable bonds is 3. The minimum atomic E-state index is 0.260. The maximum Gasteiger partial charge on any atom is 0.231 e. The van der Waals surface area contributed by atoms with Gasteiger partial charge in [0.1, 0.15) is 0 Å². The molecule has 5 heteroatoms. The molecular formula is C12H13N3O2. The second-order valence-corrected chi connectivity index (χ2v) is 5.03. The lowest BCUT2D eigenvalue weighted by atomic mass is 9.71. The second-order valence-electron chi connectivity index (χ2n) is 5.03. The summed E-state index contributed by atoms with van der Waals surface area (Å²) in [6.45, 7) is 1.54. The molecule has 0 atom stereocenters. The summed E-state index contributed by atoms with van der Waals surface area (Å²) in [5, 5.41) is 4.34. The van der Waals surface area contributed by atoms with E-state index in [2.05, 4.69) is 10.1 Å². The van der Waals surface area contributed by atoms with E-state index in [-0.39, 0.29) is 5.41 Å². The van der Waals surface area contributed by atoms with Crippen LogP contribution in [0.3, 0.4) is 0 Å². The fourth-order valence-corrected chi connectivity index (χ4v) is 2.70. The summed E-state index contributed by atoms with van der Waals surface area (Å²) >= 11 is 0. The third kappa shape index (κ3) is 1.42. The van der Waals surface area contributed by atoms with Crippen LogP contribution in [0.15, 0.2) is 24.5 Å². The Bertz CT molecular complexity index is 554. The maximum absolute atomic E-state index is 5.77. The van der Waals surface area contributed by atoms with Gasteiger partial charge in [-0.3, -0.25) is 0 Å². The molecule has 0 radical (unpaired) electrons. The molecule has 0 N–H and O–H groups in total. The van der Waals surface area contributed by atoms with Crippen LogP contribution in [-0.4, -0.2) is 33.9 Å². The van der Waals surface area contributed by atoms with Crippen LogP contribution in [0.25, 0.3) is 5.65 Å². The van der Waals surface area contributed by atoms with Crippen molar-refractivity contribution in [2.75, 3.05) is 13.2 Å². The van der Waals surface area contributed by atoms with Crippen molar-refractivity contribution in [3.63, 3.8) is 0 Å². The number of hydrogen-bond acceptors (Lipinski definition) is 4. The standard InChI is InChI=1S/C12H13N3O2/c1-2-11(14-15-4-3-13-10(1)15)17-8-12-5-9(6-12)16-7-12/h1-4,9H,5-8H2. The largest absolute Gasteiger partial charge is 0.476 e.